The summed E-state index contributed by atoms with van der Waals surface area (Å²) in [7, 11) is 0. The average molecular weight is 458 g/mol. The molecule has 1 aliphatic rings. The molecule has 0 spiro atoms. The summed E-state index contributed by atoms with van der Waals surface area (Å²) >= 11 is 0. The molecule has 0 saturated heterocycles. The molecule has 0 aliphatic carbocycles. The third kappa shape index (κ3) is 7.17. The molecule has 1 N–H and O–H groups in total. The zero-order valence-corrected chi connectivity index (χ0v) is 20.4. The summed E-state index contributed by atoms with van der Waals surface area (Å²) in [6, 6.07) is 9.14. The van der Waals surface area contributed by atoms with Gasteiger partial charge in [-0.15, -0.1) is 0 Å². The molecule has 0 radical (unpaired) electrons. The maximum absolute atomic E-state index is 13.5. The van der Waals surface area contributed by atoms with E-state index in [9.17, 15) is 9.59 Å². The van der Waals surface area contributed by atoms with Gasteiger partial charge >= 0.3 is 6.03 Å². The highest BCUT2D eigenvalue weighted by atomic mass is 16.7. The molecule has 2 aromatic rings. The number of hydrogen-bond acceptors (Lipinski definition) is 5. The van der Waals surface area contributed by atoms with Crippen molar-refractivity contribution in [3.05, 3.63) is 47.4 Å². The van der Waals surface area contributed by atoms with E-state index in [-0.39, 0.29) is 31.2 Å². The Morgan fingerprint density at radius 1 is 1.03 bits per heavy atom. The highest BCUT2D eigenvalue weighted by molar-refractivity contribution is 5.84. The van der Waals surface area contributed by atoms with Crippen LogP contribution in [-0.4, -0.2) is 47.2 Å². The molecule has 8 nitrogen and oxygen atoms in total. The summed E-state index contributed by atoms with van der Waals surface area (Å²) in [6.45, 7) is 13.0. The molecule has 1 aromatic heterocycles. The van der Waals surface area contributed by atoms with E-state index in [2.05, 4.69) is 5.32 Å². The Bertz CT molecular complexity index is 977. The summed E-state index contributed by atoms with van der Waals surface area (Å²) in [5, 5.41) is 2.97. The van der Waals surface area contributed by atoms with Gasteiger partial charge in [-0.25, -0.2) is 4.79 Å². The van der Waals surface area contributed by atoms with E-state index in [4.69, 9.17) is 13.9 Å². The van der Waals surface area contributed by atoms with Crippen molar-refractivity contribution in [3.63, 3.8) is 0 Å². The standard InChI is InChI=1S/C25H35N3O5/c1-17(2)12-28(24(30)26-25(4,5)6)15-23(29)27(14-20-9-7-18(3)33-20)13-19-8-10-21-22(11-19)32-16-31-21/h7-11,17H,12-16H2,1-6H3,(H,26,30). The molecule has 3 rings (SSSR count). The number of furan rings is 1. The average Bonchev–Trinajstić information content (AvgIpc) is 3.33. The molecular formula is C25H35N3O5. The molecular weight excluding hydrogens is 422 g/mol. The van der Waals surface area contributed by atoms with Crippen molar-refractivity contribution in [3.8, 4) is 11.5 Å². The molecule has 1 aliphatic heterocycles. The van der Waals surface area contributed by atoms with Crippen LogP contribution in [0.5, 0.6) is 11.5 Å². The summed E-state index contributed by atoms with van der Waals surface area (Å²) in [6.07, 6.45) is 0. The molecule has 180 valence electrons. The van der Waals surface area contributed by atoms with E-state index in [1.165, 1.54) is 0 Å². The van der Waals surface area contributed by atoms with E-state index in [0.717, 1.165) is 11.3 Å². The summed E-state index contributed by atoms with van der Waals surface area (Å²) in [4.78, 5) is 29.6. The van der Waals surface area contributed by atoms with Gasteiger partial charge in [0.25, 0.3) is 0 Å². The van der Waals surface area contributed by atoms with Crippen LogP contribution in [0.15, 0.2) is 34.7 Å². The summed E-state index contributed by atoms with van der Waals surface area (Å²) in [5.74, 6) is 2.90. The number of nitrogens with zero attached hydrogens (tertiary/aromatic N) is 2. The van der Waals surface area contributed by atoms with Crippen LogP contribution >= 0.6 is 0 Å². The summed E-state index contributed by atoms with van der Waals surface area (Å²) in [5.41, 5.74) is 0.512. The highest BCUT2D eigenvalue weighted by Crippen LogP contribution is 2.33. The van der Waals surface area contributed by atoms with Crippen LogP contribution in [0.1, 0.15) is 51.7 Å². The Kier molecular flexibility index (Phi) is 7.56. The quantitative estimate of drug-likeness (QED) is 0.639. The number of fused-ring (bicyclic) bond motifs is 1. The molecule has 0 bridgehead atoms. The van der Waals surface area contributed by atoms with Gasteiger partial charge < -0.3 is 29.0 Å². The molecule has 8 heteroatoms. The van der Waals surface area contributed by atoms with Crippen molar-refractivity contribution in [2.45, 2.75) is 60.2 Å². The first-order valence-corrected chi connectivity index (χ1v) is 11.3. The predicted molar refractivity (Wildman–Crippen MR) is 125 cm³/mol. The van der Waals surface area contributed by atoms with Gasteiger partial charge in [0.1, 0.15) is 18.1 Å². The van der Waals surface area contributed by atoms with E-state index in [1.807, 2.05) is 71.9 Å². The van der Waals surface area contributed by atoms with Crippen LogP contribution < -0.4 is 14.8 Å². The van der Waals surface area contributed by atoms with E-state index in [1.54, 1.807) is 9.80 Å². The van der Waals surface area contributed by atoms with Crippen molar-refractivity contribution >= 4 is 11.9 Å². The number of hydrogen-bond donors (Lipinski definition) is 1. The Hall–Kier alpha value is -3.16. The van der Waals surface area contributed by atoms with Gasteiger partial charge in [0.15, 0.2) is 11.5 Å². The van der Waals surface area contributed by atoms with Crippen LogP contribution in [-0.2, 0) is 17.9 Å². The van der Waals surface area contributed by atoms with Gasteiger partial charge in [-0.2, -0.15) is 0 Å². The first kappa shape index (κ1) is 24.5. The minimum atomic E-state index is -0.396. The molecule has 1 aromatic carbocycles. The number of ether oxygens (including phenoxy) is 2. The Labute approximate surface area is 195 Å². The minimum Gasteiger partial charge on any atom is -0.464 e. The second-order valence-electron chi connectivity index (χ2n) is 9.90. The second-order valence-corrected chi connectivity index (χ2v) is 9.90. The summed E-state index contributed by atoms with van der Waals surface area (Å²) < 4.78 is 16.6. The van der Waals surface area contributed by atoms with Gasteiger partial charge in [-0.05, 0) is 63.4 Å². The fourth-order valence-electron chi connectivity index (χ4n) is 3.57. The van der Waals surface area contributed by atoms with Crippen molar-refractivity contribution in [2.24, 2.45) is 5.92 Å². The number of nitrogens with one attached hydrogen (secondary N) is 1. The highest BCUT2D eigenvalue weighted by Gasteiger charge is 2.26. The zero-order valence-electron chi connectivity index (χ0n) is 20.4. The number of amides is 3. The monoisotopic (exact) mass is 457 g/mol. The molecule has 0 atom stereocenters. The maximum atomic E-state index is 13.5. The largest absolute Gasteiger partial charge is 0.464 e. The van der Waals surface area contributed by atoms with Gasteiger partial charge in [-0.3, -0.25) is 4.79 Å². The second kappa shape index (κ2) is 10.2. The molecule has 33 heavy (non-hydrogen) atoms. The molecule has 2 heterocycles. The number of carbonyl (C=O) groups excluding carboxylic acids is 2. The van der Waals surface area contributed by atoms with Crippen molar-refractivity contribution in [2.75, 3.05) is 19.9 Å². The SMILES string of the molecule is Cc1ccc(CN(Cc2ccc3c(c2)OCO3)C(=O)CN(CC(C)C)C(=O)NC(C)(C)C)o1. The minimum absolute atomic E-state index is 0.0235. The van der Waals surface area contributed by atoms with Crippen LogP contribution in [0.4, 0.5) is 4.79 Å². The van der Waals surface area contributed by atoms with Crippen molar-refractivity contribution in [1.29, 1.82) is 0 Å². The molecule has 0 fully saturated rings. The fraction of sp³-hybridized carbons (Fsp3) is 0.520. The molecule has 3 amide bonds. The number of rotatable bonds is 8. The molecule has 0 saturated carbocycles. The number of benzene rings is 1. The molecule has 0 unspecified atom stereocenters. The number of urea groups is 1. The van der Waals surface area contributed by atoms with Gasteiger partial charge in [-0.1, -0.05) is 19.9 Å². The lowest BCUT2D eigenvalue weighted by Gasteiger charge is -2.31. The lowest BCUT2D eigenvalue weighted by atomic mass is 10.1. The fourth-order valence-corrected chi connectivity index (χ4v) is 3.57. The first-order valence-electron chi connectivity index (χ1n) is 11.3. The van der Waals surface area contributed by atoms with Gasteiger partial charge in [0.2, 0.25) is 12.7 Å². The van der Waals surface area contributed by atoms with E-state index < -0.39 is 5.54 Å². The van der Waals surface area contributed by atoms with E-state index >= 15 is 0 Å². The Balaban J connectivity index is 1.79. The van der Waals surface area contributed by atoms with Crippen LogP contribution in [0.3, 0.4) is 0 Å². The van der Waals surface area contributed by atoms with Crippen molar-refractivity contribution in [1.82, 2.24) is 15.1 Å². The predicted octanol–water partition coefficient (Wildman–Crippen LogP) is 4.31. The van der Waals surface area contributed by atoms with E-state index in [0.29, 0.717) is 36.9 Å². The van der Waals surface area contributed by atoms with Crippen LogP contribution in [0.25, 0.3) is 0 Å². The topological polar surface area (TPSA) is 84.2 Å². The van der Waals surface area contributed by atoms with Gasteiger partial charge in [0.05, 0.1) is 6.54 Å². The van der Waals surface area contributed by atoms with Crippen molar-refractivity contribution < 1.29 is 23.5 Å². The Morgan fingerprint density at radius 2 is 1.76 bits per heavy atom. The zero-order chi connectivity index (χ0) is 24.2. The lowest BCUT2D eigenvalue weighted by molar-refractivity contribution is -0.133. The Morgan fingerprint density at radius 3 is 2.39 bits per heavy atom. The lowest BCUT2D eigenvalue weighted by Crippen LogP contribution is -2.52. The van der Waals surface area contributed by atoms with Crippen LogP contribution in [0.2, 0.25) is 0 Å². The van der Waals surface area contributed by atoms with Gasteiger partial charge in [0, 0.05) is 18.6 Å². The maximum Gasteiger partial charge on any atom is 0.318 e. The normalized spacial score (nSPS) is 12.7. The van der Waals surface area contributed by atoms with Crippen LogP contribution in [0, 0.1) is 12.8 Å². The number of aryl methyl sites for hydroxylation is 1. The smallest absolute Gasteiger partial charge is 0.318 e. The third-order valence-corrected chi connectivity index (χ3v) is 4.99. The first-order chi connectivity index (χ1) is 15.5. The number of carbonyl (C=O) groups is 2. The third-order valence-electron chi connectivity index (χ3n) is 4.99.